The summed E-state index contributed by atoms with van der Waals surface area (Å²) in [5, 5.41) is 11.7. The van der Waals surface area contributed by atoms with E-state index in [9.17, 15) is 9.59 Å². The Bertz CT molecular complexity index is 239. The van der Waals surface area contributed by atoms with Gasteiger partial charge in [0.05, 0.1) is 0 Å². The lowest BCUT2D eigenvalue weighted by Gasteiger charge is -1.92. The molecule has 0 saturated carbocycles. The first-order chi connectivity index (χ1) is 5.52. The van der Waals surface area contributed by atoms with Gasteiger partial charge in [-0.25, -0.2) is 10.2 Å². The van der Waals surface area contributed by atoms with Gasteiger partial charge in [0.25, 0.3) is 5.91 Å². The molecule has 0 aliphatic carbocycles. The molecule has 12 heavy (non-hydrogen) atoms. The van der Waals surface area contributed by atoms with Crippen LogP contribution in [0.3, 0.4) is 0 Å². The summed E-state index contributed by atoms with van der Waals surface area (Å²) in [4.78, 5) is 20.6. The van der Waals surface area contributed by atoms with Crippen molar-refractivity contribution in [1.82, 2.24) is 5.43 Å². The molecular formula is C7H10N2O3. The van der Waals surface area contributed by atoms with E-state index in [1.807, 2.05) is 0 Å². The summed E-state index contributed by atoms with van der Waals surface area (Å²) >= 11 is 0. The van der Waals surface area contributed by atoms with Crippen LogP contribution >= 0.6 is 0 Å². The van der Waals surface area contributed by atoms with Crippen LogP contribution in [0.25, 0.3) is 0 Å². The van der Waals surface area contributed by atoms with Gasteiger partial charge in [-0.1, -0.05) is 0 Å². The Morgan fingerprint density at radius 3 is 2.33 bits per heavy atom. The number of nitrogens with one attached hydrogen (secondary N) is 1. The fraction of sp³-hybridized carbons (Fsp3) is 0.286. The molecule has 0 aromatic carbocycles. The maximum Gasteiger partial charge on any atom is 0.328 e. The minimum atomic E-state index is -1.16. The standard InChI is InChI=1S/C7H10N2O3/c1-5(2)8-9-6(10)3-4-7(11)12/h3-4H,1-2H3,(H,9,10)(H,11,12). The second-order valence-corrected chi connectivity index (χ2v) is 2.21. The van der Waals surface area contributed by atoms with E-state index in [2.05, 4.69) is 10.5 Å². The molecule has 0 spiro atoms. The van der Waals surface area contributed by atoms with E-state index in [1.165, 1.54) is 0 Å². The molecular weight excluding hydrogens is 160 g/mol. The van der Waals surface area contributed by atoms with Gasteiger partial charge in [-0.15, -0.1) is 0 Å². The highest BCUT2D eigenvalue weighted by atomic mass is 16.4. The molecule has 0 aliphatic heterocycles. The molecule has 0 radical (unpaired) electrons. The minimum absolute atomic E-state index is 0.557. The number of hydrogen-bond acceptors (Lipinski definition) is 3. The highest BCUT2D eigenvalue weighted by Crippen LogP contribution is 1.75. The third-order valence-corrected chi connectivity index (χ3v) is 0.767. The van der Waals surface area contributed by atoms with Gasteiger partial charge < -0.3 is 5.11 Å². The highest BCUT2D eigenvalue weighted by molar-refractivity contribution is 5.94. The van der Waals surface area contributed by atoms with Crippen LogP contribution in [0.2, 0.25) is 0 Å². The predicted molar refractivity (Wildman–Crippen MR) is 43.7 cm³/mol. The monoisotopic (exact) mass is 170 g/mol. The summed E-state index contributed by atoms with van der Waals surface area (Å²) in [7, 11) is 0. The molecule has 5 nitrogen and oxygen atoms in total. The van der Waals surface area contributed by atoms with E-state index in [1.54, 1.807) is 13.8 Å². The smallest absolute Gasteiger partial charge is 0.328 e. The van der Waals surface area contributed by atoms with Crippen molar-refractivity contribution in [3.05, 3.63) is 12.2 Å². The Morgan fingerprint density at radius 1 is 1.33 bits per heavy atom. The molecule has 0 aromatic heterocycles. The topological polar surface area (TPSA) is 78.8 Å². The molecule has 0 bridgehead atoms. The van der Waals surface area contributed by atoms with Gasteiger partial charge in [0.15, 0.2) is 0 Å². The van der Waals surface area contributed by atoms with Gasteiger partial charge in [0, 0.05) is 17.9 Å². The van der Waals surface area contributed by atoms with E-state index in [0.717, 1.165) is 12.2 Å². The van der Waals surface area contributed by atoms with Crippen molar-refractivity contribution < 1.29 is 14.7 Å². The van der Waals surface area contributed by atoms with Crippen molar-refractivity contribution in [1.29, 1.82) is 0 Å². The third kappa shape index (κ3) is 6.47. The van der Waals surface area contributed by atoms with Gasteiger partial charge >= 0.3 is 5.97 Å². The fourth-order valence-corrected chi connectivity index (χ4v) is 0.351. The minimum Gasteiger partial charge on any atom is -0.478 e. The SMILES string of the molecule is CC(C)=NNC(=O)C=CC(=O)O. The molecule has 5 heteroatoms. The maximum atomic E-state index is 10.7. The second-order valence-electron chi connectivity index (χ2n) is 2.21. The maximum absolute atomic E-state index is 10.7. The van der Waals surface area contributed by atoms with Crippen LogP contribution in [0.1, 0.15) is 13.8 Å². The second kappa shape index (κ2) is 5.06. The molecule has 2 N–H and O–H groups in total. The third-order valence-electron chi connectivity index (χ3n) is 0.767. The zero-order valence-electron chi connectivity index (χ0n) is 6.87. The van der Waals surface area contributed by atoms with Crippen LogP contribution in [0.15, 0.2) is 17.3 Å². The summed E-state index contributed by atoms with van der Waals surface area (Å²) in [5.41, 5.74) is 2.82. The Balaban J connectivity index is 3.91. The molecule has 0 heterocycles. The van der Waals surface area contributed by atoms with E-state index in [4.69, 9.17) is 5.11 Å². The number of nitrogens with zero attached hydrogens (tertiary/aromatic N) is 1. The molecule has 0 rings (SSSR count). The summed E-state index contributed by atoms with van der Waals surface area (Å²) < 4.78 is 0. The van der Waals surface area contributed by atoms with Crippen LogP contribution < -0.4 is 5.43 Å². The van der Waals surface area contributed by atoms with Gasteiger partial charge in [-0.3, -0.25) is 4.79 Å². The van der Waals surface area contributed by atoms with E-state index in [-0.39, 0.29) is 0 Å². The number of aliphatic carboxylic acids is 1. The molecule has 1 amide bonds. The predicted octanol–water partition coefficient (Wildman–Crippen LogP) is 0.139. The summed E-state index contributed by atoms with van der Waals surface area (Å²) in [6.45, 7) is 3.42. The van der Waals surface area contributed by atoms with E-state index < -0.39 is 11.9 Å². The molecule has 0 unspecified atom stereocenters. The van der Waals surface area contributed by atoms with E-state index in [0.29, 0.717) is 5.71 Å². The van der Waals surface area contributed by atoms with Crippen molar-refractivity contribution in [3.63, 3.8) is 0 Å². The fourth-order valence-electron chi connectivity index (χ4n) is 0.351. The first-order valence-electron chi connectivity index (χ1n) is 3.24. The summed E-state index contributed by atoms with van der Waals surface area (Å²) in [5.74, 6) is -1.72. The van der Waals surface area contributed by atoms with Gasteiger partial charge in [-0.2, -0.15) is 5.10 Å². The van der Waals surface area contributed by atoms with Crippen molar-refractivity contribution in [2.45, 2.75) is 13.8 Å². The molecule has 0 saturated heterocycles. The Hall–Kier alpha value is -1.65. The summed E-state index contributed by atoms with van der Waals surface area (Å²) in [6, 6.07) is 0. The van der Waals surface area contributed by atoms with Crippen molar-refractivity contribution in [2.75, 3.05) is 0 Å². The molecule has 0 atom stereocenters. The zero-order valence-corrected chi connectivity index (χ0v) is 6.87. The number of rotatable bonds is 3. The lowest BCUT2D eigenvalue weighted by Crippen LogP contribution is -2.15. The number of carbonyl (C=O) groups is 2. The van der Waals surface area contributed by atoms with Crippen molar-refractivity contribution >= 4 is 17.6 Å². The van der Waals surface area contributed by atoms with Crippen LogP contribution in [-0.2, 0) is 9.59 Å². The van der Waals surface area contributed by atoms with Crippen LogP contribution in [0.4, 0.5) is 0 Å². The largest absolute Gasteiger partial charge is 0.478 e. The first kappa shape index (κ1) is 10.3. The lowest BCUT2D eigenvalue weighted by molar-refractivity contribution is -0.131. The van der Waals surface area contributed by atoms with Crippen LogP contribution in [0, 0.1) is 0 Å². The van der Waals surface area contributed by atoms with Gasteiger partial charge in [0.1, 0.15) is 0 Å². The molecule has 0 aromatic rings. The zero-order chi connectivity index (χ0) is 9.56. The number of carbonyl (C=O) groups excluding carboxylic acids is 1. The van der Waals surface area contributed by atoms with Crippen LogP contribution in [0.5, 0.6) is 0 Å². The quantitative estimate of drug-likeness (QED) is 0.359. The number of carboxylic acid groups (broad SMARTS) is 1. The van der Waals surface area contributed by atoms with Crippen LogP contribution in [-0.4, -0.2) is 22.7 Å². The first-order valence-corrected chi connectivity index (χ1v) is 3.24. The Labute approximate surface area is 69.8 Å². The Kier molecular flexibility index (Phi) is 4.36. The van der Waals surface area contributed by atoms with Gasteiger partial charge in [-0.05, 0) is 13.8 Å². The summed E-state index contributed by atoms with van der Waals surface area (Å²) in [6.07, 6.45) is 1.64. The highest BCUT2D eigenvalue weighted by Gasteiger charge is 1.93. The number of amides is 1. The average molecular weight is 170 g/mol. The normalized spacial score (nSPS) is 9.50. The number of carboxylic acids is 1. The molecule has 0 aliphatic rings. The van der Waals surface area contributed by atoms with Gasteiger partial charge in [0.2, 0.25) is 0 Å². The number of hydrazone groups is 1. The molecule has 66 valence electrons. The van der Waals surface area contributed by atoms with E-state index >= 15 is 0 Å². The van der Waals surface area contributed by atoms with Crippen molar-refractivity contribution in [2.24, 2.45) is 5.10 Å². The van der Waals surface area contributed by atoms with Crippen molar-refractivity contribution in [3.8, 4) is 0 Å². The Morgan fingerprint density at radius 2 is 1.92 bits per heavy atom. The lowest BCUT2D eigenvalue weighted by atomic mass is 10.5. The molecule has 0 fully saturated rings. The average Bonchev–Trinajstić information content (AvgIpc) is 1.96. The number of hydrogen-bond donors (Lipinski definition) is 2.